The van der Waals surface area contributed by atoms with Gasteiger partial charge in [0, 0.05) is 11.1 Å². The third-order valence-electron chi connectivity index (χ3n) is 3.94. The van der Waals surface area contributed by atoms with Crippen molar-refractivity contribution in [3.05, 3.63) is 34.6 Å². The number of nitrogens with one attached hydrogen (secondary N) is 1. The number of hydrogen-bond acceptors (Lipinski definition) is 1. The van der Waals surface area contributed by atoms with Crippen molar-refractivity contribution in [2.24, 2.45) is 5.92 Å². The van der Waals surface area contributed by atoms with Crippen LogP contribution in [0.1, 0.15) is 52.0 Å². The average Bonchev–Trinajstić information content (AvgIpc) is 2.44. The van der Waals surface area contributed by atoms with E-state index in [0.717, 1.165) is 37.3 Å². The van der Waals surface area contributed by atoms with Gasteiger partial charge in [-0.2, -0.15) is 0 Å². The van der Waals surface area contributed by atoms with E-state index < -0.39 is 0 Å². The van der Waals surface area contributed by atoms with Crippen LogP contribution in [0.2, 0.25) is 5.02 Å². The second-order valence-electron chi connectivity index (χ2n) is 5.51. The minimum Gasteiger partial charge on any atom is -0.314 e. The molecular formula is C17H27ClFN. The topological polar surface area (TPSA) is 12.0 Å². The van der Waals surface area contributed by atoms with Gasteiger partial charge in [0.2, 0.25) is 0 Å². The molecule has 114 valence electrons. The highest BCUT2D eigenvalue weighted by atomic mass is 35.5. The van der Waals surface area contributed by atoms with Gasteiger partial charge in [-0.15, -0.1) is 0 Å². The highest BCUT2D eigenvalue weighted by Crippen LogP contribution is 2.22. The summed E-state index contributed by atoms with van der Waals surface area (Å²) in [5.41, 5.74) is 1.03. The van der Waals surface area contributed by atoms with E-state index in [2.05, 4.69) is 26.1 Å². The zero-order chi connectivity index (χ0) is 15.0. The Morgan fingerprint density at radius 1 is 1.20 bits per heavy atom. The van der Waals surface area contributed by atoms with Gasteiger partial charge in [0.15, 0.2) is 0 Å². The molecule has 0 radical (unpaired) electrons. The normalized spacial score (nSPS) is 12.9. The summed E-state index contributed by atoms with van der Waals surface area (Å²) in [5.74, 6) is 0.473. The minimum atomic E-state index is -0.267. The van der Waals surface area contributed by atoms with Crippen molar-refractivity contribution in [1.82, 2.24) is 5.32 Å². The Labute approximate surface area is 127 Å². The van der Waals surface area contributed by atoms with Crippen LogP contribution in [0.3, 0.4) is 0 Å². The summed E-state index contributed by atoms with van der Waals surface area (Å²) in [7, 11) is 0. The first-order valence-corrected chi connectivity index (χ1v) is 8.15. The molecule has 1 aromatic carbocycles. The number of rotatable bonds is 9. The number of hydrogen-bond donors (Lipinski definition) is 1. The van der Waals surface area contributed by atoms with E-state index in [1.54, 1.807) is 0 Å². The van der Waals surface area contributed by atoms with Crippen LogP contribution in [0, 0.1) is 11.7 Å². The molecule has 0 bridgehead atoms. The van der Waals surface area contributed by atoms with Crippen molar-refractivity contribution in [2.45, 2.75) is 58.9 Å². The van der Waals surface area contributed by atoms with Crippen LogP contribution in [0.25, 0.3) is 0 Å². The van der Waals surface area contributed by atoms with E-state index in [9.17, 15) is 4.39 Å². The Balaban J connectivity index is 2.72. The Morgan fingerprint density at radius 2 is 1.90 bits per heavy atom. The summed E-state index contributed by atoms with van der Waals surface area (Å²) < 4.78 is 13.1. The van der Waals surface area contributed by atoms with Gasteiger partial charge in [-0.05, 0) is 49.4 Å². The van der Waals surface area contributed by atoms with Crippen molar-refractivity contribution in [3.63, 3.8) is 0 Å². The average molecular weight is 300 g/mol. The Hall–Kier alpha value is -0.600. The summed E-state index contributed by atoms with van der Waals surface area (Å²) in [5, 5.41) is 4.15. The van der Waals surface area contributed by atoms with E-state index in [-0.39, 0.29) is 5.82 Å². The van der Waals surface area contributed by atoms with Gasteiger partial charge in [-0.25, -0.2) is 4.39 Å². The maximum absolute atomic E-state index is 13.1. The van der Waals surface area contributed by atoms with E-state index in [1.165, 1.54) is 25.0 Å². The maximum atomic E-state index is 13.1. The molecule has 0 amide bonds. The zero-order valence-corrected chi connectivity index (χ0v) is 13.6. The van der Waals surface area contributed by atoms with Crippen molar-refractivity contribution in [1.29, 1.82) is 0 Å². The fraction of sp³-hybridized carbons (Fsp3) is 0.647. The monoisotopic (exact) mass is 299 g/mol. The third-order valence-corrected chi connectivity index (χ3v) is 4.29. The second-order valence-corrected chi connectivity index (χ2v) is 5.92. The Kier molecular flexibility index (Phi) is 8.16. The van der Waals surface area contributed by atoms with Crippen molar-refractivity contribution >= 4 is 11.6 Å². The first-order valence-electron chi connectivity index (χ1n) is 7.77. The van der Waals surface area contributed by atoms with Gasteiger partial charge in [0.25, 0.3) is 0 Å². The fourth-order valence-electron chi connectivity index (χ4n) is 2.56. The molecule has 0 fully saturated rings. The van der Waals surface area contributed by atoms with E-state index in [0.29, 0.717) is 11.1 Å². The van der Waals surface area contributed by atoms with Gasteiger partial charge in [-0.3, -0.25) is 0 Å². The molecule has 3 heteroatoms. The van der Waals surface area contributed by atoms with Gasteiger partial charge < -0.3 is 5.32 Å². The van der Waals surface area contributed by atoms with Gasteiger partial charge in [-0.1, -0.05) is 51.3 Å². The highest BCUT2D eigenvalue weighted by molar-refractivity contribution is 6.31. The van der Waals surface area contributed by atoms with Crippen LogP contribution >= 0.6 is 11.6 Å². The lowest BCUT2D eigenvalue weighted by Crippen LogP contribution is -2.33. The minimum absolute atomic E-state index is 0.267. The Morgan fingerprint density at radius 3 is 2.45 bits per heavy atom. The van der Waals surface area contributed by atoms with Crippen LogP contribution in [-0.4, -0.2) is 12.6 Å². The molecule has 0 saturated heterocycles. The predicted molar refractivity (Wildman–Crippen MR) is 85.9 cm³/mol. The van der Waals surface area contributed by atoms with Crippen LogP contribution in [0.4, 0.5) is 4.39 Å². The molecule has 0 aliphatic rings. The smallest absolute Gasteiger partial charge is 0.124 e. The van der Waals surface area contributed by atoms with Gasteiger partial charge in [0.1, 0.15) is 5.82 Å². The van der Waals surface area contributed by atoms with Gasteiger partial charge in [0.05, 0.1) is 0 Å². The number of halogens is 2. The van der Waals surface area contributed by atoms with Crippen molar-refractivity contribution in [3.8, 4) is 0 Å². The molecule has 0 aromatic heterocycles. The first-order chi connectivity index (χ1) is 9.60. The second kappa shape index (κ2) is 9.36. The summed E-state index contributed by atoms with van der Waals surface area (Å²) in [6.07, 6.45) is 5.56. The SMILES string of the molecule is CCCNC(Cc1ccc(F)cc1Cl)CC(CC)CC. The predicted octanol–water partition coefficient (Wildman–Crippen LogP) is 5.22. The molecule has 1 rings (SSSR count). The highest BCUT2D eigenvalue weighted by Gasteiger charge is 2.15. The largest absolute Gasteiger partial charge is 0.314 e. The lowest BCUT2D eigenvalue weighted by molar-refractivity contribution is 0.363. The fourth-order valence-corrected chi connectivity index (χ4v) is 2.81. The summed E-state index contributed by atoms with van der Waals surface area (Å²) in [4.78, 5) is 0. The van der Waals surface area contributed by atoms with Crippen molar-refractivity contribution < 1.29 is 4.39 Å². The number of benzene rings is 1. The molecule has 1 N–H and O–H groups in total. The maximum Gasteiger partial charge on any atom is 0.124 e. The van der Waals surface area contributed by atoms with Crippen LogP contribution in [-0.2, 0) is 6.42 Å². The molecule has 0 aliphatic heterocycles. The molecule has 20 heavy (non-hydrogen) atoms. The van der Waals surface area contributed by atoms with E-state index >= 15 is 0 Å². The molecule has 1 unspecified atom stereocenters. The van der Waals surface area contributed by atoms with Gasteiger partial charge >= 0.3 is 0 Å². The third kappa shape index (κ3) is 5.80. The standard InChI is InChI=1S/C17H27ClFN/c1-4-9-20-16(10-13(5-2)6-3)11-14-7-8-15(19)12-17(14)18/h7-8,12-13,16,20H,4-6,9-11H2,1-3H3. The molecule has 0 spiro atoms. The summed E-state index contributed by atoms with van der Waals surface area (Å²) in [6.45, 7) is 7.68. The molecule has 1 nitrogen and oxygen atoms in total. The molecule has 1 aromatic rings. The van der Waals surface area contributed by atoms with Crippen LogP contribution in [0.15, 0.2) is 18.2 Å². The molecule has 1 atom stereocenters. The lowest BCUT2D eigenvalue weighted by Gasteiger charge is -2.23. The summed E-state index contributed by atoms with van der Waals surface area (Å²) in [6, 6.07) is 5.13. The van der Waals surface area contributed by atoms with Crippen LogP contribution < -0.4 is 5.32 Å². The Bertz CT molecular complexity index is 391. The molecule has 0 aliphatic carbocycles. The summed E-state index contributed by atoms with van der Waals surface area (Å²) >= 11 is 6.14. The zero-order valence-electron chi connectivity index (χ0n) is 12.9. The molecule has 0 heterocycles. The van der Waals surface area contributed by atoms with E-state index in [4.69, 9.17) is 11.6 Å². The quantitative estimate of drug-likeness (QED) is 0.659. The van der Waals surface area contributed by atoms with E-state index in [1.807, 2.05) is 6.07 Å². The van der Waals surface area contributed by atoms with Crippen LogP contribution in [0.5, 0.6) is 0 Å². The molecular weight excluding hydrogens is 273 g/mol. The first kappa shape index (κ1) is 17.5. The lowest BCUT2D eigenvalue weighted by atomic mass is 9.91. The van der Waals surface area contributed by atoms with Crippen molar-refractivity contribution in [2.75, 3.05) is 6.54 Å². The molecule has 0 saturated carbocycles.